The van der Waals surface area contributed by atoms with Gasteiger partial charge in [-0.3, -0.25) is 14.6 Å². The molecule has 0 atom stereocenters. The van der Waals surface area contributed by atoms with Crippen molar-refractivity contribution in [1.29, 1.82) is 0 Å². The summed E-state index contributed by atoms with van der Waals surface area (Å²) >= 11 is 0. The molecule has 2 heterocycles. The molecular weight excluding hydrogens is 282 g/mol. The maximum atomic E-state index is 12.1. The van der Waals surface area contributed by atoms with Crippen LogP contribution in [0.1, 0.15) is 40.7 Å². The lowest BCUT2D eigenvalue weighted by Crippen LogP contribution is -2.45. The van der Waals surface area contributed by atoms with Gasteiger partial charge in [-0.15, -0.1) is 0 Å². The third kappa shape index (κ3) is 4.47. The molecule has 1 N–H and O–H groups in total. The summed E-state index contributed by atoms with van der Waals surface area (Å²) < 4.78 is 7.27. The van der Waals surface area contributed by atoms with E-state index >= 15 is 0 Å². The highest BCUT2D eigenvalue weighted by molar-refractivity contribution is 5.98. The summed E-state index contributed by atoms with van der Waals surface area (Å²) in [6.07, 6.45) is 3.38. The van der Waals surface area contributed by atoms with Gasteiger partial charge in [0, 0.05) is 18.8 Å². The number of hydrogen-bond donors (Lipinski definition) is 1. The molecule has 1 aliphatic rings. The number of amides is 1. The van der Waals surface area contributed by atoms with Crippen molar-refractivity contribution < 1.29 is 9.53 Å². The molecule has 0 radical (unpaired) electrons. The van der Waals surface area contributed by atoms with Crippen LogP contribution in [0.5, 0.6) is 0 Å². The van der Waals surface area contributed by atoms with Gasteiger partial charge in [-0.05, 0) is 34.6 Å². The van der Waals surface area contributed by atoms with Gasteiger partial charge in [0.25, 0.3) is 0 Å². The summed E-state index contributed by atoms with van der Waals surface area (Å²) in [6.45, 7) is 11.3. The molecule has 0 saturated heterocycles. The number of anilines is 1. The molecule has 1 aromatic rings. The minimum absolute atomic E-state index is 0.306. The van der Waals surface area contributed by atoms with E-state index in [9.17, 15) is 4.79 Å². The molecule has 2 rings (SSSR count). The first-order valence-electron chi connectivity index (χ1n) is 7.57. The number of nitrogens with zero attached hydrogens (tertiary/aromatic N) is 4. The van der Waals surface area contributed by atoms with Crippen LogP contribution in [0.15, 0.2) is 17.4 Å². The van der Waals surface area contributed by atoms with Crippen LogP contribution in [0, 0.1) is 0 Å². The molecule has 122 valence electrons. The van der Waals surface area contributed by atoms with Crippen molar-refractivity contribution in [2.24, 2.45) is 4.99 Å². The van der Waals surface area contributed by atoms with E-state index in [-0.39, 0.29) is 6.09 Å². The van der Waals surface area contributed by atoms with E-state index < -0.39 is 5.60 Å². The van der Waals surface area contributed by atoms with Crippen LogP contribution in [-0.4, -0.2) is 51.8 Å². The second-order valence-electron chi connectivity index (χ2n) is 6.66. The van der Waals surface area contributed by atoms with Crippen LogP contribution in [0.4, 0.5) is 10.5 Å². The molecule has 7 heteroatoms. The molecule has 0 saturated carbocycles. The Morgan fingerprint density at radius 1 is 1.41 bits per heavy atom. The Labute approximate surface area is 131 Å². The summed E-state index contributed by atoms with van der Waals surface area (Å²) in [5.41, 5.74) is 0.385. The molecule has 1 amide bonds. The Morgan fingerprint density at radius 3 is 2.73 bits per heavy atom. The monoisotopic (exact) mass is 307 g/mol. The molecule has 0 aliphatic carbocycles. The lowest BCUT2D eigenvalue weighted by molar-refractivity contribution is 0.0278. The number of hydrogen-bond acceptors (Lipinski definition) is 5. The van der Waals surface area contributed by atoms with Crippen LogP contribution in [0.2, 0.25) is 0 Å². The van der Waals surface area contributed by atoms with Crippen molar-refractivity contribution in [2.45, 2.75) is 46.3 Å². The Hall–Kier alpha value is -2.05. The molecule has 7 nitrogen and oxygen atoms in total. The molecule has 0 bridgehead atoms. The zero-order valence-electron chi connectivity index (χ0n) is 14.0. The van der Waals surface area contributed by atoms with E-state index in [2.05, 4.69) is 29.3 Å². The summed E-state index contributed by atoms with van der Waals surface area (Å²) in [4.78, 5) is 18.2. The second-order valence-corrected chi connectivity index (χ2v) is 6.66. The normalized spacial score (nSPS) is 15.7. The van der Waals surface area contributed by atoms with Gasteiger partial charge in [0.15, 0.2) is 0 Å². The number of carbonyl (C=O) groups excluding carboxylic acids is 1. The summed E-state index contributed by atoms with van der Waals surface area (Å²) in [6, 6.07) is 0.308. The molecule has 0 spiro atoms. The van der Waals surface area contributed by atoms with Crippen molar-refractivity contribution in [3.05, 3.63) is 12.4 Å². The number of ether oxygens (including phenoxy) is 1. The van der Waals surface area contributed by atoms with E-state index in [4.69, 9.17) is 4.74 Å². The van der Waals surface area contributed by atoms with Crippen LogP contribution in [-0.2, 0) is 4.74 Å². The van der Waals surface area contributed by atoms with E-state index in [1.807, 2.05) is 31.6 Å². The molecule has 1 aromatic heterocycles. The van der Waals surface area contributed by atoms with Gasteiger partial charge in [0.1, 0.15) is 11.4 Å². The van der Waals surface area contributed by atoms with Gasteiger partial charge in [0.05, 0.1) is 25.0 Å². The highest BCUT2D eigenvalue weighted by Gasteiger charge is 2.25. The fourth-order valence-corrected chi connectivity index (χ4v) is 2.03. The van der Waals surface area contributed by atoms with Crippen molar-refractivity contribution >= 4 is 17.6 Å². The summed E-state index contributed by atoms with van der Waals surface area (Å²) in [5, 5.41) is 7.50. The van der Waals surface area contributed by atoms with Gasteiger partial charge in [-0.1, -0.05) is 0 Å². The highest BCUT2D eigenvalue weighted by Crippen LogP contribution is 2.13. The van der Waals surface area contributed by atoms with Gasteiger partial charge >= 0.3 is 6.09 Å². The second kappa shape index (κ2) is 6.37. The predicted molar refractivity (Wildman–Crippen MR) is 86.3 cm³/mol. The van der Waals surface area contributed by atoms with Gasteiger partial charge in [-0.25, -0.2) is 4.79 Å². The fraction of sp³-hybridized carbons (Fsp3) is 0.667. The first-order valence-corrected chi connectivity index (χ1v) is 7.57. The van der Waals surface area contributed by atoms with Crippen LogP contribution >= 0.6 is 0 Å². The van der Waals surface area contributed by atoms with Crippen molar-refractivity contribution in [1.82, 2.24) is 14.7 Å². The van der Waals surface area contributed by atoms with Crippen molar-refractivity contribution in [3.8, 4) is 0 Å². The zero-order chi connectivity index (χ0) is 16.3. The van der Waals surface area contributed by atoms with Crippen LogP contribution < -0.4 is 5.32 Å². The Balaban J connectivity index is 1.95. The number of carbonyl (C=O) groups is 1. The smallest absolute Gasteiger partial charge is 0.410 e. The van der Waals surface area contributed by atoms with Crippen molar-refractivity contribution in [2.75, 3.05) is 25.0 Å². The predicted octanol–water partition coefficient (Wildman–Crippen LogP) is 2.53. The van der Waals surface area contributed by atoms with Crippen molar-refractivity contribution in [3.63, 3.8) is 0 Å². The quantitative estimate of drug-likeness (QED) is 0.911. The molecule has 0 fully saturated rings. The van der Waals surface area contributed by atoms with E-state index in [1.165, 1.54) is 0 Å². The molecular formula is C15H25N5O2. The zero-order valence-corrected chi connectivity index (χ0v) is 14.0. The standard InChI is InChI=1S/C15H25N5O2/c1-11(2)20-9-12(8-17-20)18-13-10-19(7-6-16-13)14(21)22-15(3,4)5/h8-9,11H,6-7,10H2,1-5H3,(H,16,18). The first-order chi connectivity index (χ1) is 10.2. The van der Waals surface area contributed by atoms with E-state index in [0.717, 1.165) is 11.5 Å². The number of aromatic nitrogens is 2. The highest BCUT2D eigenvalue weighted by atomic mass is 16.6. The van der Waals surface area contributed by atoms with Crippen LogP contribution in [0.25, 0.3) is 0 Å². The molecule has 0 aromatic carbocycles. The number of aliphatic imine (C=N–C) groups is 1. The van der Waals surface area contributed by atoms with E-state index in [1.54, 1.807) is 11.1 Å². The SMILES string of the molecule is CC(C)n1cc(NC2=NCCN(C(=O)OC(C)(C)C)C2)cn1. The van der Waals surface area contributed by atoms with Crippen LogP contribution in [0.3, 0.4) is 0 Å². The maximum Gasteiger partial charge on any atom is 0.410 e. The fourth-order valence-electron chi connectivity index (χ4n) is 2.03. The average molecular weight is 307 g/mol. The van der Waals surface area contributed by atoms with Gasteiger partial charge in [-0.2, -0.15) is 5.10 Å². The summed E-state index contributed by atoms with van der Waals surface area (Å²) in [5.74, 6) is 0.750. The number of rotatable bonds is 2. The lowest BCUT2D eigenvalue weighted by Gasteiger charge is -2.29. The molecule has 22 heavy (non-hydrogen) atoms. The first kappa shape index (κ1) is 16.3. The van der Waals surface area contributed by atoms with Gasteiger partial charge in [0.2, 0.25) is 0 Å². The maximum absolute atomic E-state index is 12.1. The molecule has 1 aliphatic heterocycles. The van der Waals surface area contributed by atoms with E-state index in [0.29, 0.717) is 25.7 Å². The van der Waals surface area contributed by atoms with Gasteiger partial charge < -0.3 is 10.1 Å². The average Bonchev–Trinajstić information content (AvgIpc) is 2.86. The topological polar surface area (TPSA) is 71.8 Å². The Morgan fingerprint density at radius 2 is 2.14 bits per heavy atom. The minimum Gasteiger partial charge on any atom is -0.444 e. The lowest BCUT2D eigenvalue weighted by atomic mass is 10.2. The molecule has 0 unspecified atom stereocenters. The Kier molecular flexibility index (Phi) is 4.73. The summed E-state index contributed by atoms with van der Waals surface area (Å²) in [7, 11) is 0. The Bertz CT molecular complexity index is 557. The third-order valence-corrected chi connectivity index (χ3v) is 3.08. The minimum atomic E-state index is -0.488. The number of amidine groups is 1. The largest absolute Gasteiger partial charge is 0.444 e. The third-order valence-electron chi connectivity index (χ3n) is 3.08. The number of nitrogens with one attached hydrogen (secondary N) is 1.